The summed E-state index contributed by atoms with van der Waals surface area (Å²) in [5.74, 6) is -19.1. The first-order valence-electron chi connectivity index (χ1n) is 47.3. The van der Waals surface area contributed by atoms with Gasteiger partial charge in [0.25, 0.3) is 0 Å². The number of hydrogen-bond acceptors (Lipinski definition) is 40. The predicted octanol–water partition coefficient (Wildman–Crippen LogP) is 7.36. The molecule has 1 saturated heterocycles. The van der Waals surface area contributed by atoms with Gasteiger partial charge in [0.1, 0.15) is 52.9 Å². The summed E-state index contributed by atoms with van der Waals surface area (Å²) in [5, 5.41) is 107. The third-order valence-electron chi connectivity index (χ3n) is 31.4. The maximum Gasteiger partial charge on any atom is 0.0967 e. The summed E-state index contributed by atoms with van der Waals surface area (Å²) in [4.78, 5) is 217. The summed E-state index contributed by atoms with van der Waals surface area (Å²) in [6, 6.07) is 24.0. The summed E-state index contributed by atoms with van der Waals surface area (Å²) in [6.07, 6.45) is -19.9. The van der Waals surface area contributed by atoms with Crippen LogP contribution in [0.5, 0.6) is 0 Å². The van der Waals surface area contributed by atoms with Crippen molar-refractivity contribution >= 4 is 147 Å². The molecule has 9 aliphatic carbocycles. The van der Waals surface area contributed by atoms with Gasteiger partial charge in [0.05, 0.1) is 76.9 Å². The molecule has 7 fully saturated rings. The molecule has 3 aromatic rings. The van der Waals surface area contributed by atoms with Crippen LogP contribution in [-0.2, 0) is 125 Å². The molecule has 9 N–H and O–H groups in total. The summed E-state index contributed by atoms with van der Waals surface area (Å²) in [7, 11) is 0. The molecule has 6 saturated carbocycles. The number of benzene rings is 3. The van der Waals surface area contributed by atoms with Crippen molar-refractivity contribution in [2.45, 2.75) is 312 Å². The summed E-state index contributed by atoms with van der Waals surface area (Å²) < 4.78 is 76.3. The number of fused-ring (bicyclic) bond motifs is 11. The fraction of sp³-hybridized carbons (Fsp3) is 0.602. The number of carbonyl (C=O) groups is 17. The van der Waals surface area contributed by atoms with Crippen molar-refractivity contribution < 1.29 is 186 Å². The van der Waals surface area contributed by atoms with Crippen molar-refractivity contribution in [3.63, 3.8) is 0 Å². The van der Waals surface area contributed by atoms with Crippen molar-refractivity contribution in [3.05, 3.63) is 141 Å². The topological polar surface area (TPSA) is 601 Å². The second kappa shape index (κ2) is 44.9. The number of ketones is 4. The predicted molar refractivity (Wildman–Crippen MR) is 510 cm³/mol. The van der Waals surface area contributed by atoms with Gasteiger partial charge in [-0.2, -0.15) is 0 Å². The molecule has 40 nitrogen and oxygen atoms in total. The van der Waals surface area contributed by atoms with Crippen LogP contribution in [0.2, 0.25) is 0 Å². The zero-order chi connectivity index (χ0) is 110. The van der Waals surface area contributed by atoms with Gasteiger partial charge in [-0.1, -0.05) is 124 Å². The summed E-state index contributed by atoms with van der Waals surface area (Å²) >= 11 is 4.10. The Morgan fingerprint density at radius 2 is 0.705 bits per heavy atom. The minimum absolute atomic E-state index is 0.00816. The van der Waals surface area contributed by atoms with Crippen LogP contribution in [0.4, 0.5) is 0 Å². The molecule has 13 rings (SSSR count). The second-order valence-electron chi connectivity index (χ2n) is 41.1. The van der Waals surface area contributed by atoms with Crippen molar-refractivity contribution in [3.8, 4) is 0 Å². The number of Topliss-reactive ketones (excluding diaryl/α,β-unsaturated/α-hetero) is 4. The van der Waals surface area contributed by atoms with E-state index in [1.807, 2.05) is 0 Å². The fourth-order valence-corrected chi connectivity index (χ4v) is 30.2. The Hall–Kier alpha value is -10.2. The van der Waals surface area contributed by atoms with E-state index in [4.69, 9.17) is 70.6 Å². The molecule has 1 heterocycles. The number of ether oxygens (including phenoxy) is 10. The minimum atomic E-state index is -5.43. The van der Waals surface area contributed by atoms with Crippen molar-refractivity contribution in [1.82, 2.24) is 0 Å². The molecule has 0 aromatic heterocycles. The second-order valence-corrected chi connectivity index (χ2v) is 49.0. The Balaban J connectivity index is 0.000000223. The van der Waals surface area contributed by atoms with Gasteiger partial charge in [0, 0.05) is 100 Å². The molecule has 43 heteroatoms. The van der Waals surface area contributed by atoms with Crippen LogP contribution >= 0.6 is 23.2 Å². The van der Waals surface area contributed by atoms with Gasteiger partial charge in [0.15, 0.2) is 53.1 Å². The number of esters is 9. The molecule has 3 aromatic carbocycles. The van der Waals surface area contributed by atoms with Gasteiger partial charge in [-0.15, -0.1) is 23.2 Å². The van der Waals surface area contributed by atoms with Crippen LogP contribution in [0.25, 0.3) is 0 Å². The Bertz CT molecular complexity index is 5610. The Morgan fingerprint density at radius 1 is 0.397 bits per heavy atom. The van der Waals surface area contributed by atoms with E-state index in [0.717, 1.165) is 62.3 Å². The van der Waals surface area contributed by atoms with Crippen LogP contribution in [0.3, 0.4) is 0 Å². The van der Waals surface area contributed by atoms with Crippen LogP contribution in [0, 0.1) is 62.1 Å². The molecule has 10 aliphatic rings. The standard InChI is InChI=1S/C32H42O11.C31H38O11.C31H38O10.4C2H4O2.CH2Cl2.Pb/c1-16-13-22(41-18(3)34)31(39,15-33)25-27(43-28(38)20-11-9-8-10-12-20)32(40)14-21(36)17(2)23(29(32,5)6)24(42-19(4)35)26(37)30(16,25)7;1-15-19(34)13-31(38)26(41-27(37)18-10-8-7-9-11-18)24-29(6,20(35)12-21-30(24,14-39-21)42-17(3)33)25(36)23(40-16(2)32)22(15)28(31,4)5;1-15-13-21(39-17(3)32)24(35)23-27(41-28(37)19-11-9-8-10-12-19)31(38)14-20(34)16(2)22(29(31,5)6)25(40-18(4)33)26(36)30(15,23)7;4*1-2(3)4;2-1-3;/h8-12,16,21-22,24-25,27,33,36,39-40H,13-15H2,1-7H3;7-11,19-21,23-24,26,34-35,38H,12-14H2,1-6H3;8-12,15,20-21,23,25,27,34,38H,13-14H2,1-7H3;4*1H3,(H,3,4);1H2;/q;;;;;;;;+4/p-4/t16?,21-,22-,24+,25?,27-,30+,31-,32+;19-,20-,21+,23+,24?,26-,29+,30-,31+;15-,20-,21-,23?,25+,27-,30+,31+;;;;;;/m000....../s1. The zero-order valence-electron chi connectivity index (χ0n) is 85.9. The third-order valence-corrected chi connectivity index (χ3v) is 39.7. The maximum absolute atomic E-state index is 14.9. The van der Waals surface area contributed by atoms with E-state index >= 15 is 0 Å². The number of carbonyl (C=O) groups excluding carboxylic acids is 17. The van der Waals surface area contributed by atoms with Crippen molar-refractivity contribution in [1.29, 1.82) is 0 Å². The van der Waals surface area contributed by atoms with Crippen LogP contribution in [0.1, 0.15) is 236 Å². The molecule has 802 valence electrons. The van der Waals surface area contributed by atoms with E-state index in [9.17, 15) is 127 Å². The van der Waals surface area contributed by atoms with Gasteiger partial charge in [-0.3, -0.25) is 47.9 Å². The Labute approximate surface area is 861 Å². The molecule has 0 amide bonds. The normalized spacial score (nSPS) is 34.5. The van der Waals surface area contributed by atoms with E-state index < -0.39 is 300 Å². The number of aliphatic hydroxyl groups is 9. The zero-order valence-corrected chi connectivity index (χ0v) is 91.3. The van der Waals surface area contributed by atoms with E-state index in [0.29, 0.717) is 16.7 Å². The number of hydrogen-bond donors (Lipinski definition) is 9. The fourth-order valence-electron chi connectivity index (χ4n) is 23.7. The van der Waals surface area contributed by atoms with E-state index in [-0.39, 0.29) is 83.9 Å². The molecule has 4 unspecified atom stereocenters. The quantitative estimate of drug-likeness (QED) is 0.0209. The van der Waals surface area contributed by atoms with Crippen LogP contribution in [-0.4, -0.2) is 296 Å². The first kappa shape index (κ1) is 119. The van der Waals surface area contributed by atoms with E-state index in [2.05, 4.69) is 10.7 Å². The molecular weight excluding hydrogens is 2160 g/mol. The SMILES string of the molecule is CC(=O)O[C@H]1C(=O)[C@@]2(C)C(C(=O)[C@@H](OC(C)=O)C[C@@H]2C)[C@H](OC(=O)c2ccccc2)[C@]2(O)C[C@H](O)C(C)=C1C2(C)C.CC(=O)O[C@H]1C(=O)[C@@]2(C)C([C@H](OC(=O)c3ccccc3)[C@]3(O)C[C@H](O)C(C)=C1C3(C)C)[C@]1(OC(C)=O)CO[C@@H]1C[C@@H]2O.CC(=O)O[C@H]1C(=O)[C@]2(C)C(C)C[C@H](OC(C)=O)[C@@](O)(CO)C2[C@H](OC(=O)c2ccccc2)[C@]2(O)C[C@H](O)C(C)=C1C2(C)C.CC(=O)[O][Pb]([O]C(C)=O)([O]C(C)=O)[O]C(C)=O.ClCCl. The van der Waals surface area contributed by atoms with Crippen molar-refractivity contribution in [2.75, 3.05) is 18.6 Å². The summed E-state index contributed by atoms with van der Waals surface area (Å²) in [6.45, 7) is 32.0. The average molecular weight is 2290 g/mol. The first-order valence-corrected chi connectivity index (χ1v) is 54.8. The van der Waals surface area contributed by atoms with Gasteiger partial charge in [0.2, 0.25) is 0 Å². The van der Waals surface area contributed by atoms with Gasteiger partial charge in [-0.05, 0) is 122 Å². The number of rotatable bonds is 17. The molecule has 0 radical (unpaired) electrons. The van der Waals surface area contributed by atoms with Crippen LogP contribution in [0.15, 0.2) is 124 Å². The average Bonchev–Trinajstić information content (AvgIpc) is 0.651. The molecule has 1 aliphatic heterocycles. The van der Waals surface area contributed by atoms with Crippen LogP contribution < -0.4 is 0 Å². The smallest absolute Gasteiger partial charge is 0.0967 e. The van der Waals surface area contributed by atoms with Gasteiger partial charge >= 0.3 is 158 Å². The molecule has 0 spiro atoms. The third kappa shape index (κ3) is 22.0. The Kier molecular flexibility index (Phi) is 36.7. The van der Waals surface area contributed by atoms with Crippen molar-refractivity contribution in [2.24, 2.45) is 62.1 Å². The summed E-state index contributed by atoms with van der Waals surface area (Å²) in [5.41, 5.74) is -18.1. The molecule has 26 atom stereocenters. The number of aliphatic hydroxyl groups excluding tert-OH is 5. The molecule has 6 bridgehead atoms. The van der Waals surface area contributed by atoms with E-state index in [1.165, 1.54) is 64.1 Å². The monoisotopic (exact) mass is 2290 g/mol. The maximum atomic E-state index is 14.9. The largest absolute Gasteiger partial charge is 0.109 e. The first-order chi connectivity index (χ1) is 67.4. The molecule has 146 heavy (non-hydrogen) atoms. The van der Waals surface area contributed by atoms with Gasteiger partial charge in [-0.25, -0.2) is 14.4 Å². The Morgan fingerprint density at radius 3 is 1.01 bits per heavy atom. The number of alkyl halides is 2. The van der Waals surface area contributed by atoms with E-state index in [1.54, 1.807) is 131 Å². The minimum Gasteiger partial charge on any atom is -0.109 e. The number of halogens is 2. The molecular formula is C103H132Cl2O40Pb. The van der Waals surface area contributed by atoms with Gasteiger partial charge < -0.3 is 93.3 Å².